The number of aromatic nitrogens is 2. The van der Waals surface area contributed by atoms with Crippen molar-refractivity contribution in [3.8, 4) is 0 Å². The zero-order valence-electron chi connectivity index (χ0n) is 10.3. The molecule has 6 heteroatoms. The van der Waals surface area contributed by atoms with E-state index in [2.05, 4.69) is 5.32 Å². The van der Waals surface area contributed by atoms with Gasteiger partial charge in [0, 0.05) is 20.1 Å². The topological polar surface area (TPSA) is 75.1 Å². The van der Waals surface area contributed by atoms with Gasteiger partial charge in [0.15, 0.2) is 0 Å². The highest BCUT2D eigenvalue weighted by atomic mass is 16.5. The summed E-state index contributed by atoms with van der Waals surface area (Å²) in [7, 11) is 1.58. The fourth-order valence-electron chi connectivity index (χ4n) is 1.82. The predicted octanol–water partition coefficient (Wildman–Crippen LogP) is 0.473. The first kappa shape index (κ1) is 12.4. The van der Waals surface area contributed by atoms with E-state index in [0.717, 1.165) is 9.46 Å². The lowest BCUT2D eigenvalue weighted by molar-refractivity contribution is -0.623. The summed E-state index contributed by atoms with van der Waals surface area (Å²) in [4.78, 5) is 0. The van der Waals surface area contributed by atoms with Crippen LogP contribution < -0.4 is 14.8 Å². The van der Waals surface area contributed by atoms with E-state index >= 15 is 0 Å². The highest BCUT2D eigenvalue weighted by Crippen LogP contribution is 2.11. The van der Waals surface area contributed by atoms with E-state index in [1.807, 2.05) is 0 Å². The number of rotatable bonds is 4. The van der Waals surface area contributed by atoms with Crippen LogP contribution in [0.15, 0.2) is 24.3 Å². The molecule has 0 radical (unpaired) electrons. The summed E-state index contributed by atoms with van der Waals surface area (Å²) in [6.45, 7) is 2.55. The third-order valence-electron chi connectivity index (χ3n) is 2.77. The van der Waals surface area contributed by atoms with Crippen LogP contribution in [-0.2, 0) is 4.74 Å². The molecule has 0 aliphatic rings. The zero-order chi connectivity index (χ0) is 13.1. The third kappa shape index (κ3) is 2.02. The van der Waals surface area contributed by atoms with Gasteiger partial charge < -0.3 is 15.2 Å². The first-order chi connectivity index (χ1) is 8.66. The Hall–Kier alpha value is -2.08. The van der Waals surface area contributed by atoms with E-state index in [9.17, 15) is 10.4 Å². The largest absolute Gasteiger partial charge is 0.710 e. The number of nitrogens with zero attached hydrogens (tertiary/aromatic N) is 2. The van der Waals surface area contributed by atoms with Crippen LogP contribution in [0.25, 0.3) is 11.0 Å². The van der Waals surface area contributed by atoms with Crippen molar-refractivity contribution in [1.82, 2.24) is 0 Å². The molecule has 0 fully saturated rings. The van der Waals surface area contributed by atoms with Gasteiger partial charge in [-0.3, -0.25) is 5.32 Å². The molecule has 0 saturated carbocycles. The standard InChI is InChI=1S/C12H15N3O3/c1-9-12(13-7-8-18-2)15(17)11-6-4-3-5-10(11)14(9)16/h3-6,13H,7-8H2,1-2H3. The molecule has 2 rings (SSSR count). The Bertz CT molecular complexity index is 572. The second-order valence-corrected chi connectivity index (χ2v) is 3.93. The SMILES string of the molecule is COCCNc1c(C)[n+]([O-])c2ccccc2[n+]1[O-]. The lowest BCUT2D eigenvalue weighted by Gasteiger charge is -2.14. The van der Waals surface area contributed by atoms with E-state index in [1.165, 1.54) is 0 Å². The smallest absolute Gasteiger partial charge is 0.347 e. The summed E-state index contributed by atoms with van der Waals surface area (Å²) in [5, 5.41) is 27.1. The molecule has 0 bridgehead atoms. The van der Waals surface area contributed by atoms with Crippen molar-refractivity contribution < 1.29 is 14.2 Å². The Morgan fingerprint density at radius 1 is 1.17 bits per heavy atom. The predicted molar refractivity (Wildman–Crippen MR) is 67.0 cm³/mol. The molecule has 0 unspecified atom stereocenters. The minimum Gasteiger partial charge on any atom is -0.710 e. The molecule has 0 saturated heterocycles. The number of methoxy groups -OCH3 is 1. The second-order valence-electron chi connectivity index (χ2n) is 3.93. The third-order valence-corrected chi connectivity index (χ3v) is 2.77. The van der Waals surface area contributed by atoms with Gasteiger partial charge in [-0.1, -0.05) is 12.1 Å². The van der Waals surface area contributed by atoms with Gasteiger partial charge in [-0.25, -0.2) is 4.73 Å². The van der Waals surface area contributed by atoms with E-state index in [4.69, 9.17) is 4.74 Å². The maximum absolute atomic E-state index is 12.2. The monoisotopic (exact) mass is 249 g/mol. The van der Waals surface area contributed by atoms with Crippen molar-refractivity contribution in [2.24, 2.45) is 0 Å². The number of hydrogen-bond acceptors (Lipinski definition) is 4. The van der Waals surface area contributed by atoms with Crippen molar-refractivity contribution in [3.63, 3.8) is 0 Å². The van der Waals surface area contributed by atoms with Crippen molar-refractivity contribution in [2.75, 3.05) is 25.6 Å². The molecule has 0 aliphatic heterocycles. The number of anilines is 1. The van der Waals surface area contributed by atoms with Gasteiger partial charge in [0.2, 0.25) is 5.52 Å². The molecule has 2 aromatic rings. The fourth-order valence-corrected chi connectivity index (χ4v) is 1.82. The van der Waals surface area contributed by atoms with Gasteiger partial charge in [-0.15, -0.1) is 0 Å². The van der Waals surface area contributed by atoms with Crippen molar-refractivity contribution in [1.29, 1.82) is 0 Å². The summed E-state index contributed by atoms with van der Waals surface area (Å²) in [5.74, 6) is 0.265. The van der Waals surface area contributed by atoms with Crippen LogP contribution in [0.1, 0.15) is 5.69 Å². The molecule has 6 nitrogen and oxygen atoms in total. The summed E-state index contributed by atoms with van der Waals surface area (Å²) in [6.07, 6.45) is 0. The molecule has 96 valence electrons. The first-order valence-corrected chi connectivity index (χ1v) is 5.64. The average molecular weight is 249 g/mol. The van der Waals surface area contributed by atoms with Crippen LogP contribution in [-0.4, -0.2) is 20.3 Å². The van der Waals surface area contributed by atoms with Gasteiger partial charge in [-0.05, 0) is 6.07 Å². The number of benzene rings is 1. The van der Waals surface area contributed by atoms with E-state index in [0.29, 0.717) is 29.9 Å². The van der Waals surface area contributed by atoms with Crippen LogP contribution in [0.5, 0.6) is 0 Å². The number of hydrogen-bond donors (Lipinski definition) is 1. The fraction of sp³-hybridized carbons (Fsp3) is 0.333. The van der Waals surface area contributed by atoms with Crippen molar-refractivity contribution in [2.45, 2.75) is 6.92 Å². The van der Waals surface area contributed by atoms with Crippen LogP contribution in [0.3, 0.4) is 0 Å². The van der Waals surface area contributed by atoms with Crippen LogP contribution in [0, 0.1) is 17.3 Å². The van der Waals surface area contributed by atoms with E-state index < -0.39 is 0 Å². The Morgan fingerprint density at radius 3 is 2.39 bits per heavy atom. The minimum atomic E-state index is 0.265. The summed E-state index contributed by atoms with van der Waals surface area (Å²) < 4.78 is 6.41. The minimum absolute atomic E-state index is 0.265. The number of ether oxygens (including phenoxy) is 1. The lowest BCUT2D eigenvalue weighted by Crippen LogP contribution is -2.43. The van der Waals surface area contributed by atoms with Crippen LogP contribution in [0.2, 0.25) is 0 Å². The maximum Gasteiger partial charge on any atom is 0.347 e. The highest BCUT2D eigenvalue weighted by Gasteiger charge is 2.21. The molecule has 1 aromatic carbocycles. The van der Waals surface area contributed by atoms with Gasteiger partial charge >= 0.3 is 5.82 Å². The van der Waals surface area contributed by atoms with Crippen LogP contribution in [0.4, 0.5) is 5.82 Å². The summed E-state index contributed by atoms with van der Waals surface area (Å²) in [6, 6.07) is 6.71. The molecule has 1 heterocycles. The number of para-hydroxylation sites is 2. The summed E-state index contributed by atoms with van der Waals surface area (Å²) >= 11 is 0. The second kappa shape index (κ2) is 5.05. The number of fused-ring (bicyclic) bond motifs is 1. The van der Waals surface area contributed by atoms with Crippen molar-refractivity contribution >= 4 is 16.9 Å². The molecule has 1 N–H and O–H groups in total. The molecular formula is C12H15N3O3. The summed E-state index contributed by atoms with van der Waals surface area (Å²) in [5.41, 5.74) is 1.06. The molecule has 0 atom stereocenters. The zero-order valence-corrected chi connectivity index (χ0v) is 10.3. The highest BCUT2D eigenvalue weighted by molar-refractivity contribution is 5.68. The molecular weight excluding hydrogens is 234 g/mol. The average Bonchev–Trinajstić information content (AvgIpc) is 2.40. The van der Waals surface area contributed by atoms with Gasteiger partial charge in [0.25, 0.3) is 11.2 Å². The van der Waals surface area contributed by atoms with Gasteiger partial charge in [0.05, 0.1) is 6.61 Å². The molecule has 18 heavy (non-hydrogen) atoms. The van der Waals surface area contributed by atoms with Crippen molar-refractivity contribution in [3.05, 3.63) is 40.4 Å². The quantitative estimate of drug-likeness (QED) is 0.485. The molecule has 0 spiro atoms. The van der Waals surface area contributed by atoms with E-state index in [1.54, 1.807) is 38.3 Å². The first-order valence-electron chi connectivity index (χ1n) is 5.64. The number of nitrogens with one attached hydrogen (secondary N) is 1. The molecule has 1 aromatic heterocycles. The van der Waals surface area contributed by atoms with Gasteiger partial charge in [0.1, 0.15) is 6.54 Å². The molecule has 0 amide bonds. The Kier molecular flexibility index (Phi) is 3.47. The lowest BCUT2D eigenvalue weighted by atomic mass is 10.3. The Labute approximate surface area is 105 Å². The van der Waals surface area contributed by atoms with E-state index in [-0.39, 0.29) is 5.82 Å². The normalized spacial score (nSPS) is 10.8. The Balaban J connectivity index is 2.52. The maximum atomic E-state index is 12.2. The Morgan fingerprint density at radius 2 is 1.78 bits per heavy atom. The van der Waals surface area contributed by atoms with Crippen LogP contribution >= 0.6 is 0 Å². The molecule has 0 aliphatic carbocycles. The van der Waals surface area contributed by atoms with Gasteiger partial charge in [-0.2, -0.15) is 4.73 Å².